The van der Waals surface area contributed by atoms with Crippen LogP contribution in [0, 0.1) is 0 Å². The number of halogens is 1. The highest BCUT2D eigenvalue weighted by molar-refractivity contribution is 6.30. The Morgan fingerprint density at radius 2 is 2.29 bits per heavy atom. The highest BCUT2D eigenvalue weighted by Crippen LogP contribution is 2.21. The largest absolute Gasteiger partial charge is 0.426 e. The van der Waals surface area contributed by atoms with Crippen molar-refractivity contribution in [1.29, 1.82) is 0 Å². The summed E-state index contributed by atoms with van der Waals surface area (Å²) in [6.07, 6.45) is 2.35. The van der Waals surface area contributed by atoms with Crippen LogP contribution >= 0.6 is 11.6 Å². The topological polar surface area (TPSA) is 47.9 Å². The monoisotopic (exact) mass is 255 g/mol. The van der Waals surface area contributed by atoms with Crippen LogP contribution in [0.15, 0.2) is 23.4 Å². The van der Waals surface area contributed by atoms with Gasteiger partial charge in [0.05, 0.1) is 6.21 Å². The molecule has 17 heavy (non-hydrogen) atoms. The van der Waals surface area contributed by atoms with Crippen LogP contribution in [0.4, 0.5) is 0 Å². The summed E-state index contributed by atoms with van der Waals surface area (Å²) in [4.78, 5) is 15.9. The minimum atomic E-state index is -0.392. The summed E-state index contributed by atoms with van der Waals surface area (Å²) in [7, 11) is 0. The van der Waals surface area contributed by atoms with Crippen LogP contribution in [-0.2, 0) is 9.63 Å². The fourth-order valence-electron chi connectivity index (χ4n) is 1.11. The van der Waals surface area contributed by atoms with E-state index in [0.717, 1.165) is 6.42 Å². The van der Waals surface area contributed by atoms with Crippen molar-refractivity contribution in [2.75, 3.05) is 6.61 Å². The van der Waals surface area contributed by atoms with Crippen LogP contribution in [0.3, 0.4) is 0 Å². The van der Waals surface area contributed by atoms with Crippen molar-refractivity contribution in [3.05, 3.63) is 28.8 Å². The van der Waals surface area contributed by atoms with Gasteiger partial charge in [-0.05, 0) is 24.6 Å². The first kappa shape index (κ1) is 13.5. The molecule has 5 heteroatoms. The third-order valence-electron chi connectivity index (χ3n) is 1.79. The van der Waals surface area contributed by atoms with Gasteiger partial charge in [0.15, 0.2) is 0 Å². The van der Waals surface area contributed by atoms with Gasteiger partial charge in [0.2, 0.25) is 0 Å². The smallest absolute Gasteiger partial charge is 0.308 e. The number of hydrogen-bond donors (Lipinski definition) is 0. The van der Waals surface area contributed by atoms with Crippen LogP contribution in [0.1, 0.15) is 25.8 Å². The molecule has 0 heterocycles. The summed E-state index contributed by atoms with van der Waals surface area (Å²) < 4.78 is 5.01. The van der Waals surface area contributed by atoms with E-state index in [0.29, 0.717) is 22.9 Å². The molecule has 0 radical (unpaired) electrons. The Morgan fingerprint density at radius 3 is 2.94 bits per heavy atom. The van der Waals surface area contributed by atoms with Crippen LogP contribution in [0.2, 0.25) is 5.02 Å². The van der Waals surface area contributed by atoms with Crippen molar-refractivity contribution in [3.8, 4) is 5.75 Å². The standard InChI is InChI=1S/C12H14ClNO3/c1-3-6-16-14-8-10-7-11(13)4-5-12(10)17-9(2)15/h4-5,7-8H,3,6H2,1-2H3. The van der Waals surface area contributed by atoms with E-state index in [9.17, 15) is 4.79 Å². The molecule has 0 fully saturated rings. The lowest BCUT2D eigenvalue weighted by Crippen LogP contribution is -2.03. The van der Waals surface area contributed by atoms with E-state index in [1.54, 1.807) is 18.2 Å². The van der Waals surface area contributed by atoms with E-state index in [4.69, 9.17) is 21.2 Å². The maximum Gasteiger partial charge on any atom is 0.308 e. The molecule has 0 saturated carbocycles. The normalized spacial score (nSPS) is 10.5. The lowest BCUT2D eigenvalue weighted by Gasteiger charge is -2.05. The minimum Gasteiger partial charge on any atom is -0.426 e. The van der Waals surface area contributed by atoms with Crippen molar-refractivity contribution >= 4 is 23.8 Å². The van der Waals surface area contributed by atoms with E-state index < -0.39 is 5.97 Å². The molecule has 0 amide bonds. The summed E-state index contributed by atoms with van der Waals surface area (Å²) in [6, 6.07) is 4.91. The van der Waals surface area contributed by atoms with Gasteiger partial charge in [-0.1, -0.05) is 23.7 Å². The number of rotatable bonds is 5. The third kappa shape index (κ3) is 4.87. The number of oxime groups is 1. The van der Waals surface area contributed by atoms with E-state index in [1.807, 2.05) is 6.92 Å². The van der Waals surface area contributed by atoms with Crippen LogP contribution in [0.5, 0.6) is 5.75 Å². The molecule has 0 aliphatic rings. The second kappa shape index (κ2) is 6.91. The Morgan fingerprint density at radius 1 is 1.53 bits per heavy atom. The van der Waals surface area contributed by atoms with Gasteiger partial charge in [-0.2, -0.15) is 0 Å². The zero-order valence-electron chi connectivity index (χ0n) is 9.77. The molecule has 0 atom stereocenters. The van der Waals surface area contributed by atoms with Gasteiger partial charge in [0.25, 0.3) is 0 Å². The Bertz CT molecular complexity index is 418. The molecule has 1 aromatic carbocycles. The fourth-order valence-corrected chi connectivity index (χ4v) is 1.29. The number of benzene rings is 1. The highest BCUT2D eigenvalue weighted by Gasteiger charge is 2.05. The molecule has 0 unspecified atom stereocenters. The molecular formula is C12H14ClNO3. The van der Waals surface area contributed by atoms with E-state index in [-0.39, 0.29) is 0 Å². The summed E-state index contributed by atoms with van der Waals surface area (Å²) in [5.41, 5.74) is 0.601. The Hall–Kier alpha value is -1.55. The van der Waals surface area contributed by atoms with E-state index >= 15 is 0 Å². The molecule has 4 nitrogen and oxygen atoms in total. The van der Waals surface area contributed by atoms with Crippen molar-refractivity contribution in [1.82, 2.24) is 0 Å². The molecule has 0 N–H and O–H groups in total. The summed E-state index contributed by atoms with van der Waals surface area (Å²) in [6.45, 7) is 3.86. The Kier molecular flexibility index (Phi) is 5.49. The zero-order chi connectivity index (χ0) is 12.7. The molecular weight excluding hydrogens is 242 g/mol. The van der Waals surface area contributed by atoms with Crippen molar-refractivity contribution in [2.45, 2.75) is 20.3 Å². The summed E-state index contributed by atoms with van der Waals surface area (Å²) in [5.74, 6) is 0.0159. The van der Waals surface area contributed by atoms with Crippen molar-refractivity contribution in [3.63, 3.8) is 0 Å². The quantitative estimate of drug-likeness (QED) is 0.267. The van der Waals surface area contributed by atoms with Crippen LogP contribution in [-0.4, -0.2) is 18.8 Å². The number of esters is 1. The van der Waals surface area contributed by atoms with Gasteiger partial charge in [-0.25, -0.2) is 0 Å². The molecule has 1 rings (SSSR count). The average molecular weight is 256 g/mol. The fraction of sp³-hybridized carbons (Fsp3) is 0.333. The summed E-state index contributed by atoms with van der Waals surface area (Å²) >= 11 is 5.85. The van der Waals surface area contributed by atoms with Gasteiger partial charge in [0.1, 0.15) is 12.4 Å². The molecule has 0 aliphatic heterocycles. The molecule has 0 spiro atoms. The molecule has 92 valence electrons. The Balaban J connectivity index is 2.83. The second-order valence-corrected chi connectivity index (χ2v) is 3.78. The first-order chi connectivity index (χ1) is 8.13. The maximum absolute atomic E-state index is 10.9. The van der Waals surface area contributed by atoms with E-state index in [2.05, 4.69) is 5.16 Å². The molecule has 0 aliphatic carbocycles. The molecule has 1 aromatic rings. The predicted octanol–water partition coefficient (Wildman–Crippen LogP) is 3.03. The minimum absolute atomic E-state index is 0.392. The maximum atomic E-state index is 10.9. The van der Waals surface area contributed by atoms with Crippen molar-refractivity contribution < 1.29 is 14.4 Å². The third-order valence-corrected chi connectivity index (χ3v) is 2.02. The number of ether oxygens (including phenoxy) is 1. The first-order valence-corrected chi connectivity index (χ1v) is 5.64. The van der Waals surface area contributed by atoms with Crippen molar-refractivity contribution in [2.24, 2.45) is 5.16 Å². The number of carbonyl (C=O) groups excluding carboxylic acids is 1. The summed E-state index contributed by atoms with van der Waals surface area (Å²) in [5, 5.41) is 4.31. The predicted molar refractivity (Wildman–Crippen MR) is 66.6 cm³/mol. The van der Waals surface area contributed by atoms with Crippen LogP contribution < -0.4 is 4.74 Å². The van der Waals surface area contributed by atoms with Gasteiger partial charge in [-0.3, -0.25) is 4.79 Å². The van der Waals surface area contributed by atoms with Gasteiger partial charge in [0, 0.05) is 17.5 Å². The lowest BCUT2D eigenvalue weighted by atomic mass is 10.2. The molecule has 0 saturated heterocycles. The SMILES string of the molecule is CCCON=Cc1cc(Cl)ccc1OC(C)=O. The lowest BCUT2D eigenvalue weighted by molar-refractivity contribution is -0.131. The second-order valence-electron chi connectivity index (χ2n) is 3.34. The van der Waals surface area contributed by atoms with Gasteiger partial charge in [-0.15, -0.1) is 0 Å². The average Bonchev–Trinajstić information content (AvgIpc) is 2.27. The Labute approximate surface area is 105 Å². The van der Waals surface area contributed by atoms with Gasteiger partial charge >= 0.3 is 5.97 Å². The number of nitrogens with zero attached hydrogens (tertiary/aromatic N) is 1. The highest BCUT2D eigenvalue weighted by atomic mass is 35.5. The van der Waals surface area contributed by atoms with Crippen LogP contribution in [0.25, 0.3) is 0 Å². The first-order valence-electron chi connectivity index (χ1n) is 5.26. The van der Waals surface area contributed by atoms with Gasteiger partial charge < -0.3 is 9.57 Å². The number of hydrogen-bond acceptors (Lipinski definition) is 4. The van der Waals surface area contributed by atoms with E-state index in [1.165, 1.54) is 13.1 Å². The zero-order valence-corrected chi connectivity index (χ0v) is 10.5. The molecule has 0 bridgehead atoms. The number of carbonyl (C=O) groups is 1. The molecule has 0 aromatic heterocycles.